The van der Waals surface area contributed by atoms with Crippen LogP contribution in [0.3, 0.4) is 0 Å². The molecule has 2 aromatic rings. The number of hydrogen-bond donors (Lipinski definition) is 1. The van der Waals surface area contributed by atoms with Crippen LogP contribution >= 0.6 is 11.6 Å². The van der Waals surface area contributed by atoms with Crippen LogP contribution in [0.1, 0.15) is 32.3 Å². The van der Waals surface area contributed by atoms with Crippen molar-refractivity contribution in [3.63, 3.8) is 0 Å². The van der Waals surface area contributed by atoms with Crippen molar-refractivity contribution in [3.05, 3.63) is 59.1 Å². The lowest BCUT2D eigenvalue weighted by Gasteiger charge is -2.38. The van der Waals surface area contributed by atoms with Gasteiger partial charge in [0.05, 0.1) is 6.61 Å². The van der Waals surface area contributed by atoms with Gasteiger partial charge in [0.15, 0.2) is 6.10 Å². The van der Waals surface area contributed by atoms with E-state index in [0.717, 1.165) is 18.6 Å². The topological polar surface area (TPSA) is 56.8 Å². The monoisotopic (exact) mass is 417 g/mol. The molecule has 29 heavy (non-hydrogen) atoms. The highest BCUT2D eigenvalue weighted by Crippen LogP contribution is 2.35. The van der Waals surface area contributed by atoms with E-state index in [1.807, 2.05) is 19.1 Å². The molecule has 2 aromatic carbocycles. The van der Waals surface area contributed by atoms with Crippen molar-refractivity contribution in [1.29, 1.82) is 0 Å². The van der Waals surface area contributed by atoms with Crippen molar-refractivity contribution in [2.24, 2.45) is 0 Å². The van der Waals surface area contributed by atoms with Gasteiger partial charge in [-0.2, -0.15) is 0 Å². The van der Waals surface area contributed by atoms with Gasteiger partial charge in [-0.3, -0.25) is 4.79 Å². The molecule has 0 radical (unpaired) electrons. The van der Waals surface area contributed by atoms with Crippen LogP contribution in [0, 0.1) is 0 Å². The first-order chi connectivity index (χ1) is 14.0. The Kier molecular flexibility index (Phi) is 7.40. The molecule has 0 spiro atoms. The maximum atomic E-state index is 12.7. The van der Waals surface area contributed by atoms with Crippen LogP contribution in [-0.2, 0) is 14.9 Å². The van der Waals surface area contributed by atoms with E-state index < -0.39 is 6.10 Å². The van der Waals surface area contributed by atoms with Crippen molar-refractivity contribution in [3.8, 4) is 11.5 Å². The molecule has 5 nitrogen and oxygen atoms in total. The molecule has 0 bridgehead atoms. The molecular formula is C23H28ClNO4. The van der Waals surface area contributed by atoms with Gasteiger partial charge in [-0.25, -0.2) is 0 Å². The second-order valence-corrected chi connectivity index (χ2v) is 7.72. The van der Waals surface area contributed by atoms with Gasteiger partial charge in [0.25, 0.3) is 5.91 Å². The van der Waals surface area contributed by atoms with E-state index in [0.29, 0.717) is 37.1 Å². The minimum Gasteiger partial charge on any atom is -0.494 e. The molecule has 3 rings (SSSR count). The van der Waals surface area contributed by atoms with Crippen molar-refractivity contribution in [2.45, 2.75) is 38.2 Å². The predicted octanol–water partition coefficient (Wildman–Crippen LogP) is 4.37. The smallest absolute Gasteiger partial charge is 0.260 e. The Labute approximate surface area is 177 Å². The standard InChI is InChI=1S/C23H28ClNO4/c1-3-28-20-8-4-18(5-9-20)23(12-14-27-15-13-23)16-25-22(26)17(2)29-21-10-6-19(24)7-11-21/h4-11,17H,3,12-16H2,1-2H3,(H,25,26). The van der Waals surface area contributed by atoms with Crippen molar-refractivity contribution >= 4 is 17.5 Å². The molecule has 1 aliphatic heterocycles. The fourth-order valence-electron chi connectivity index (χ4n) is 3.57. The Balaban J connectivity index is 1.65. The van der Waals surface area contributed by atoms with Crippen molar-refractivity contribution < 1.29 is 19.0 Å². The van der Waals surface area contributed by atoms with Gasteiger partial charge in [0, 0.05) is 30.2 Å². The fourth-order valence-corrected chi connectivity index (χ4v) is 3.70. The van der Waals surface area contributed by atoms with E-state index in [1.54, 1.807) is 31.2 Å². The number of halogens is 1. The van der Waals surface area contributed by atoms with Gasteiger partial charge >= 0.3 is 0 Å². The van der Waals surface area contributed by atoms with E-state index in [9.17, 15) is 4.79 Å². The molecule has 1 N–H and O–H groups in total. The molecule has 1 fully saturated rings. The van der Waals surface area contributed by atoms with Crippen LogP contribution in [-0.4, -0.2) is 38.4 Å². The third-order valence-corrected chi connectivity index (χ3v) is 5.58. The highest BCUT2D eigenvalue weighted by atomic mass is 35.5. The van der Waals surface area contributed by atoms with Crippen LogP contribution in [0.25, 0.3) is 0 Å². The maximum Gasteiger partial charge on any atom is 0.260 e. The molecule has 1 saturated heterocycles. The summed E-state index contributed by atoms with van der Waals surface area (Å²) in [7, 11) is 0. The summed E-state index contributed by atoms with van der Waals surface area (Å²) in [5, 5.41) is 3.72. The van der Waals surface area contributed by atoms with E-state index >= 15 is 0 Å². The molecule has 1 amide bonds. The number of amides is 1. The molecule has 1 atom stereocenters. The molecular weight excluding hydrogens is 390 g/mol. The molecule has 1 unspecified atom stereocenters. The Morgan fingerprint density at radius 3 is 2.34 bits per heavy atom. The third kappa shape index (κ3) is 5.64. The first-order valence-electron chi connectivity index (χ1n) is 10.0. The Morgan fingerprint density at radius 2 is 1.72 bits per heavy atom. The maximum absolute atomic E-state index is 12.7. The van der Waals surface area contributed by atoms with Crippen LogP contribution in [0.15, 0.2) is 48.5 Å². The van der Waals surface area contributed by atoms with E-state index in [2.05, 4.69) is 17.4 Å². The second kappa shape index (κ2) is 9.99. The van der Waals surface area contributed by atoms with Crippen LogP contribution in [0.5, 0.6) is 11.5 Å². The lowest BCUT2D eigenvalue weighted by molar-refractivity contribution is -0.127. The summed E-state index contributed by atoms with van der Waals surface area (Å²) in [4.78, 5) is 12.7. The van der Waals surface area contributed by atoms with E-state index in [1.165, 1.54) is 5.56 Å². The summed E-state index contributed by atoms with van der Waals surface area (Å²) < 4.78 is 16.9. The van der Waals surface area contributed by atoms with Gasteiger partial charge in [-0.1, -0.05) is 23.7 Å². The number of ether oxygens (including phenoxy) is 3. The Hall–Kier alpha value is -2.24. The zero-order chi connectivity index (χ0) is 20.7. The Morgan fingerprint density at radius 1 is 1.10 bits per heavy atom. The number of nitrogens with one attached hydrogen (secondary N) is 1. The molecule has 1 heterocycles. The summed E-state index contributed by atoms with van der Waals surface area (Å²) in [6.45, 7) is 6.26. The van der Waals surface area contributed by atoms with Crippen LogP contribution < -0.4 is 14.8 Å². The fraction of sp³-hybridized carbons (Fsp3) is 0.435. The second-order valence-electron chi connectivity index (χ2n) is 7.28. The minimum absolute atomic E-state index is 0.142. The van der Waals surface area contributed by atoms with Crippen molar-refractivity contribution in [1.82, 2.24) is 5.32 Å². The predicted molar refractivity (Wildman–Crippen MR) is 114 cm³/mol. The normalized spacial score (nSPS) is 16.7. The van der Waals surface area contributed by atoms with Crippen molar-refractivity contribution in [2.75, 3.05) is 26.4 Å². The number of benzene rings is 2. The minimum atomic E-state index is -0.603. The lowest BCUT2D eigenvalue weighted by Crippen LogP contribution is -2.47. The summed E-state index contributed by atoms with van der Waals surface area (Å²) in [5.41, 5.74) is 1.04. The average Bonchev–Trinajstić information content (AvgIpc) is 2.75. The third-order valence-electron chi connectivity index (χ3n) is 5.32. The summed E-state index contributed by atoms with van der Waals surface area (Å²) >= 11 is 5.89. The molecule has 1 aliphatic rings. The van der Waals surface area contributed by atoms with E-state index in [-0.39, 0.29) is 11.3 Å². The highest BCUT2D eigenvalue weighted by molar-refractivity contribution is 6.30. The quantitative estimate of drug-likeness (QED) is 0.692. The summed E-state index contributed by atoms with van der Waals surface area (Å²) in [5.74, 6) is 1.33. The zero-order valence-corrected chi connectivity index (χ0v) is 17.7. The molecule has 0 saturated carbocycles. The van der Waals surface area contributed by atoms with Crippen LogP contribution in [0.2, 0.25) is 5.02 Å². The van der Waals surface area contributed by atoms with Gasteiger partial charge in [0.2, 0.25) is 0 Å². The molecule has 6 heteroatoms. The molecule has 0 aliphatic carbocycles. The lowest BCUT2D eigenvalue weighted by atomic mass is 9.74. The van der Waals surface area contributed by atoms with Gasteiger partial charge in [0.1, 0.15) is 11.5 Å². The zero-order valence-electron chi connectivity index (χ0n) is 16.9. The summed E-state index contributed by atoms with van der Waals surface area (Å²) in [6.07, 6.45) is 1.11. The van der Waals surface area contributed by atoms with Gasteiger partial charge < -0.3 is 19.5 Å². The van der Waals surface area contributed by atoms with Crippen LogP contribution in [0.4, 0.5) is 0 Å². The first kappa shape index (κ1) is 21.5. The number of hydrogen-bond acceptors (Lipinski definition) is 4. The number of carbonyl (C=O) groups is 1. The number of carbonyl (C=O) groups excluding carboxylic acids is 1. The first-order valence-corrected chi connectivity index (χ1v) is 10.4. The van der Waals surface area contributed by atoms with E-state index in [4.69, 9.17) is 25.8 Å². The average molecular weight is 418 g/mol. The largest absolute Gasteiger partial charge is 0.494 e. The van der Waals surface area contributed by atoms with Gasteiger partial charge in [-0.05, 0) is 68.7 Å². The highest BCUT2D eigenvalue weighted by Gasteiger charge is 2.35. The molecule has 0 aromatic heterocycles. The number of rotatable bonds is 8. The summed E-state index contributed by atoms with van der Waals surface area (Å²) in [6, 6.07) is 15.2. The SMILES string of the molecule is CCOc1ccc(C2(CNC(=O)C(C)Oc3ccc(Cl)cc3)CCOCC2)cc1. The van der Waals surface area contributed by atoms with Gasteiger partial charge in [-0.15, -0.1) is 0 Å². The Bertz CT molecular complexity index is 786. The molecule has 156 valence electrons.